The first-order valence-corrected chi connectivity index (χ1v) is 10.7. The summed E-state index contributed by atoms with van der Waals surface area (Å²) in [6.45, 7) is 0.345. The van der Waals surface area contributed by atoms with E-state index in [4.69, 9.17) is 4.74 Å². The third-order valence-electron chi connectivity index (χ3n) is 4.62. The Balaban J connectivity index is 1.27. The lowest BCUT2D eigenvalue weighted by molar-refractivity contribution is -0.120. The number of hydrogen-bond acceptors (Lipinski definition) is 5. The lowest BCUT2D eigenvalue weighted by atomic mass is 10.1. The quantitative estimate of drug-likeness (QED) is 0.407. The van der Waals surface area contributed by atoms with E-state index in [1.54, 1.807) is 36.4 Å². The number of nitrogens with one attached hydrogen (secondary N) is 1. The van der Waals surface area contributed by atoms with Crippen LogP contribution in [0.3, 0.4) is 0 Å². The van der Waals surface area contributed by atoms with E-state index in [1.165, 1.54) is 24.3 Å². The Morgan fingerprint density at radius 1 is 0.844 bits per heavy atom. The van der Waals surface area contributed by atoms with Crippen LogP contribution < -0.4 is 10.1 Å². The Morgan fingerprint density at radius 2 is 1.44 bits per heavy atom. The number of benzene rings is 3. The number of amides is 1. The molecule has 1 heterocycles. The maximum Gasteiger partial charge on any atom is 0.298 e. The summed E-state index contributed by atoms with van der Waals surface area (Å²) in [5.41, 5.74) is 2.58. The molecule has 0 radical (unpaired) electrons. The molecule has 0 bridgehead atoms. The van der Waals surface area contributed by atoms with Crippen molar-refractivity contribution in [3.8, 4) is 10.9 Å². The second-order valence-electron chi connectivity index (χ2n) is 7.11. The van der Waals surface area contributed by atoms with Gasteiger partial charge in [-0.1, -0.05) is 36.4 Å². The van der Waals surface area contributed by atoms with Crippen LogP contribution in [0.2, 0.25) is 0 Å². The molecule has 0 spiro atoms. The van der Waals surface area contributed by atoms with E-state index in [0.29, 0.717) is 29.7 Å². The van der Waals surface area contributed by atoms with Gasteiger partial charge in [0.05, 0.1) is 6.42 Å². The average Bonchev–Trinajstić information content (AvgIpc) is 3.23. The van der Waals surface area contributed by atoms with Gasteiger partial charge in [-0.05, 0) is 53.1 Å². The molecule has 3 aromatic carbocycles. The molecule has 1 amide bonds. The normalized spacial score (nSPS) is 10.7. The molecule has 0 fully saturated rings. The van der Waals surface area contributed by atoms with E-state index < -0.39 is 0 Å². The third kappa shape index (κ3) is 6.18. The maximum absolute atomic E-state index is 13.0. The molecule has 0 atom stereocenters. The van der Waals surface area contributed by atoms with E-state index in [2.05, 4.69) is 14.7 Å². The molecule has 1 aromatic heterocycles. The monoisotopic (exact) mass is 451 g/mol. The van der Waals surface area contributed by atoms with Crippen molar-refractivity contribution >= 4 is 17.4 Å². The molecule has 4 aromatic rings. The lowest BCUT2D eigenvalue weighted by Gasteiger charge is -2.06. The van der Waals surface area contributed by atoms with Crippen LogP contribution in [0, 0.1) is 11.6 Å². The van der Waals surface area contributed by atoms with Gasteiger partial charge >= 0.3 is 0 Å². The molecule has 8 heteroatoms. The molecule has 0 saturated heterocycles. The highest BCUT2D eigenvalue weighted by atomic mass is 32.1. The van der Waals surface area contributed by atoms with Crippen molar-refractivity contribution in [3.63, 3.8) is 0 Å². The molecule has 0 aliphatic rings. The van der Waals surface area contributed by atoms with Crippen molar-refractivity contribution in [1.82, 2.24) is 14.7 Å². The first kappa shape index (κ1) is 21.6. The van der Waals surface area contributed by atoms with Gasteiger partial charge < -0.3 is 10.1 Å². The second-order valence-corrected chi connectivity index (χ2v) is 7.82. The van der Waals surface area contributed by atoms with Crippen LogP contribution in [-0.2, 0) is 24.2 Å². The molecule has 0 saturated carbocycles. The molecule has 1 N–H and O–H groups in total. The minimum absolute atomic E-state index is 0.127. The summed E-state index contributed by atoms with van der Waals surface area (Å²) < 4.78 is 36.0. The van der Waals surface area contributed by atoms with Crippen molar-refractivity contribution < 1.29 is 18.3 Å². The number of aromatic nitrogens is 2. The van der Waals surface area contributed by atoms with Gasteiger partial charge in [0.15, 0.2) is 5.82 Å². The maximum atomic E-state index is 13.0. The predicted octanol–water partition coefficient (Wildman–Crippen LogP) is 5.06. The van der Waals surface area contributed by atoms with Crippen molar-refractivity contribution in [2.45, 2.75) is 19.4 Å². The van der Waals surface area contributed by atoms with Crippen LogP contribution in [0.25, 0.3) is 0 Å². The zero-order valence-corrected chi connectivity index (χ0v) is 17.7. The predicted molar refractivity (Wildman–Crippen MR) is 118 cm³/mol. The number of nitrogens with zero attached hydrogens (tertiary/aromatic N) is 2. The Labute approximate surface area is 187 Å². The van der Waals surface area contributed by atoms with E-state index in [9.17, 15) is 13.6 Å². The summed E-state index contributed by atoms with van der Waals surface area (Å²) >= 11 is 1.14. The van der Waals surface area contributed by atoms with Crippen LogP contribution in [-0.4, -0.2) is 15.3 Å². The number of rotatable bonds is 8. The lowest BCUT2D eigenvalue weighted by Crippen LogP contribution is -2.24. The van der Waals surface area contributed by atoms with Gasteiger partial charge in [0.25, 0.3) is 5.19 Å². The fourth-order valence-electron chi connectivity index (χ4n) is 2.96. The molecule has 0 aliphatic heterocycles. The van der Waals surface area contributed by atoms with Crippen LogP contribution in [0.1, 0.15) is 22.5 Å². The summed E-state index contributed by atoms with van der Waals surface area (Å²) in [6, 6.07) is 19.4. The highest BCUT2D eigenvalue weighted by molar-refractivity contribution is 7.07. The molecule has 0 aliphatic carbocycles. The standard InChI is InChI=1S/C24H19F2N3O2S/c25-19-7-1-16(2-8-19)13-22-28-24(32-29-22)31-21-11-5-17(6-12-21)14-23(30)27-15-18-3-9-20(26)10-4-18/h1-12H,13-15H2,(H,27,30). The largest absolute Gasteiger partial charge is 0.430 e. The number of halogens is 2. The van der Waals surface area contributed by atoms with Gasteiger partial charge in [-0.3, -0.25) is 4.79 Å². The highest BCUT2D eigenvalue weighted by Crippen LogP contribution is 2.24. The molecule has 0 unspecified atom stereocenters. The topological polar surface area (TPSA) is 64.1 Å². The van der Waals surface area contributed by atoms with E-state index in [0.717, 1.165) is 28.2 Å². The van der Waals surface area contributed by atoms with Crippen molar-refractivity contribution in [3.05, 3.63) is 107 Å². The fourth-order valence-corrected chi connectivity index (χ4v) is 3.53. The molecule has 5 nitrogen and oxygen atoms in total. The number of ether oxygens (including phenoxy) is 1. The average molecular weight is 451 g/mol. The summed E-state index contributed by atoms with van der Waals surface area (Å²) in [5, 5.41) is 3.23. The van der Waals surface area contributed by atoms with Crippen molar-refractivity contribution in [2.24, 2.45) is 0 Å². The number of carbonyl (C=O) groups excluding carboxylic acids is 1. The van der Waals surface area contributed by atoms with Crippen molar-refractivity contribution in [2.75, 3.05) is 0 Å². The Hall–Kier alpha value is -3.65. The number of hydrogen-bond donors (Lipinski definition) is 1. The SMILES string of the molecule is O=C(Cc1ccc(Oc2nc(Cc3ccc(F)cc3)ns2)cc1)NCc1ccc(F)cc1. The van der Waals surface area contributed by atoms with Gasteiger partial charge in [0.2, 0.25) is 5.91 Å². The second kappa shape index (κ2) is 10.1. The minimum Gasteiger partial charge on any atom is -0.430 e. The van der Waals surface area contributed by atoms with Gasteiger partial charge in [-0.15, -0.1) is 0 Å². The van der Waals surface area contributed by atoms with Gasteiger partial charge in [-0.25, -0.2) is 8.78 Å². The van der Waals surface area contributed by atoms with Crippen LogP contribution in [0.15, 0.2) is 72.8 Å². The van der Waals surface area contributed by atoms with E-state index in [-0.39, 0.29) is 24.0 Å². The van der Waals surface area contributed by atoms with Gasteiger partial charge in [0, 0.05) is 24.5 Å². The van der Waals surface area contributed by atoms with Crippen LogP contribution in [0.5, 0.6) is 10.9 Å². The molecular formula is C24H19F2N3O2S. The van der Waals surface area contributed by atoms with Crippen LogP contribution >= 0.6 is 11.5 Å². The third-order valence-corrected chi connectivity index (χ3v) is 5.25. The minimum atomic E-state index is -0.306. The molecule has 32 heavy (non-hydrogen) atoms. The number of carbonyl (C=O) groups is 1. The Bertz CT molecular complexity index is 1180. The molecule has 4 rings (SSSR count). The first-order valence-electron chi connectivity index (χ1n) is 9.88. The van der Waals surface area contributed by atoms with Crippen LogP contribution in [0.4, 0.5) is 8.78 Å². The van der Waals surface area contributed by atoms with E-state index >= 15 is 0 Å². The summed E-state index contributed by atoms with van der Waals surface area (Å²) in [5.74, 6) is 0.478. The van der Waals surface area contributed by atoms with Crippen molar-refractivity contribution in [1.29, 1.82) is 0 Å². The zero-order chi connectivity index (χ0) is 22.3. The van der Waals surface area contributed by atoms with E-state index in [1.807, 2.05) is 12.1 Å². The smallest absolute Gasteiger partial charge is 0.298 e. The fraction of sp³-hybridized carbons (Fsp3) is 0.125. The zero-order valence-electron chi connectivity index (χ0n) is 16.9. The summed E-state index contributed by atoms with van der Waals surface area (Å²) in [7, 11) is 0. The van der Waals surface area contributed by atoms with Gasteiger partial charge in [0.1, 0.15) is 17.4 Å². The Morgan fingerprint density at radius 3 is 2.09 bits per heavy atom. The summed E-state index contributed by atoms with van der Waals surface area (Å²) in [6.07, 6.45) is 0.716. The Kier molecular flexibility index (Phi) is 6.81. The first-order chi connectivity index (χ1) is 15.5. The molecular weight excluding hydrogens is 432 g/mol. The molecule has 162 valence electrons. The summed E-state index contributed by atoms with van der Waals surface area (Å²) in [4.78, 5) is 16.5. The highest BCUT2D eigenvalue weighted by Gasteiger charge is 2.09. The van der Waals surface area contributed by atoms with Gasteiger partial charge in [-0.2, -0.15) is 9.36 Å².